The van der Waals surface area contributed by atoms with Gasteiger partial charge < -0.3 is 15.5 Å². The van der Waals surface area contributed by atoms with Crippen molar-refractivity contribution in [1.82, 2.24) is 26.0 Å². The molecule has 5 amide bonds. The number of halogens is 4. The van der Waals surface area contributed by atoms with E-state index in [0.29, 0.717) is 18.0 Å². The predicted octanol–water partition coefficient (Wildman–Crippen LogP) is 1.19. The molecule has 0 aromatic heterocycles. The number of hydrogen-bond donors (Lipinski definition) is 3. The van der Waals surface area contributed by atoms with Crippen LogP contribution in [0, 0.1) is 34.5 Å². The summed E-state index contributed by atoms with van der Waals surface area (Å²) >= 11 is 5.37. The van der Waals surface area contributed by atoms with Gasteiger partial charge in [-0.25, -0.2) is 18.2 Å². The number of rotatable bonds is 7. The number of fused-ring (bicyclic) bond motifs is 1. The molecule has 0 bridgehead atoms. The lowest BCUT2D eigenvalue weighted by molar-refractivity contribution is -0.151. The van der Waals surface area contributed by atoms with E-state index in [2.05, 4.69) is 16.1 Å². The van der Waals surface area contributed by atoms with Crippen molar-refractivity contribution in [3.05, 3.63) is 0 Å². The molecule has 2 aliphatic carbocycles. The zero-order valence-corrected chi connectivity index (χ0v) is 23.3. The van der Waals surface area contributed by atoms with E-state index in [1.807, 2.05) is 13.8 Å². The molecule has 14 heteroatoms. The fourth-order valence-corrected chi connectivity index (χ4v) is 6.03. The molecular weight excluding hydrogens is 543 g/mol. The molecule has 2 saturated carbocycles. The molecule has 4 rings (SSSR count). The number of nitrogens with zero attached hydrogens (tertiary/aromatic N) is 2. The second kappa shape index (κ2) is 9.81. The molecule has 7 atom stereocenters. The van der Waals surface area contributed by atoms with Crippen LogP contribution in [0.2, 0.25) is 0 Å². The normalized spacial score (nSPS) is 31.5. The molecule has 2 heterocycles. The number of piperidine rings is 1. The number of amides is 5. The van der Waals surface area contributed by atoms with Crippen LogP contribution in [0.4, 0.5) is 13.2 Å². The summed E-state index contributed by atoms with van der Waals surface area (Å²) in [4.78, 5) is 65.8. The van der Waals surface area contributed by atoms with Crippen molar-refractivity contribution in [2.45, 2.75) is 71.1 Å². The fraction of sp³-hybridized carbons (Fsp3) is 0.800. The molecular formula is C25H35ClF3N5O5. The van der Waals surface area contributed by atoms with Crippen molar-refractivity contribution in [1.29, 1.82) is 0 Å². The molecule has 0 unspecified atom stereocenters. The van der Waals surface area contributed by atoms with Crippen LogP contribution < -0.4 is 16.1 Å². The van der Waals surface area contributed by atoms with Crippen molar-refractivity contribution in [2.75, 3.05) is 19.6 Å². The number of likely N-dealkylation sites (tertiary alicyclic amines) is 1. The Bertz CT molecular complexity index is 1080. The van der Waals surface area contributed by atoms with Crippen LogP contribution in [-0.4, -0.2) is 82.7 Å². The second-order valence-corrected chi connectivity index (χ2v) is 13.1. The van der Waals surface area contributed by atoms with Gasteiger partial charge >= 0.3 is 0 Å². The van der Waals surface area contributed by atoms with E-state index in [9.17, 15) is 37.1 Å². The van der Waals surface area contributed by atoms with Crippen molar-refractivity contribution in [3.63, 3.8) is 0 Å². The predicted molar refractivity (Wildman–Crippen MR) is 132 cm³/mol. The van der Waals surface area contributed by atoms with Gasteiger partial charge in [0.1, 0.15) is 18.0 Å². The number of carbonyl (C=O) groups is 5. The maximum atomic E-state index is 13.8. The topological polar surface area (TPSA) is 128 Å². The third-order valence-corrected chi connectivity index (χ3v) is 8.75. The molecule has 2 aliphatic heterocycles. The minimum atomic E-state index is -3.11. The molecule has 39 heavy (non-hydrogen) atoms. The van der Waals surface area contributed by atoms with E-state index in [4.69, 9.17) is 11.6 Å². The maximum absolute atomic E-state index is 13.8. The minimum absolute atomic E-state index is 0.0620. The number of alkyl halides is 4. The first-order valence-corrected chi connectivity index (χ1v) is 13.5. The Labute approximate surface area is 229 Å². The van der Waals surface area contributed by atoms with Gasteiger partial charge in [-0.3, -0.25) is 29.4 Å². The van der Waals surface area contributed by atoms with Crippen molar-refractivity contribution in [2.24, 2.45) is 34.5 Å². The number of hydrogen-bond acceptors (Lipinski definition) is 5. The summed E-state index contributed by atoms with van der Waals surface area (Å²) in [6.45, 7) is 9.13. The van der Waals surface area contributed by atoms with Gasteiger partial charge in [0.25, 0.3) is 23.4 Å². The first-order valence-electron chi connectivity index (χ1n) is 13.0. The highest BCUT2D eigenvalue weighted by molar-refractivity contribution is 6.29. The lowest BCUT2D eigenvalue weighted by Crippen LogP contribution is -2.61. The van der Waals surface area contributed by atoms with Gasteiger partial charge in [0, 0.05) is 19.5 Å². The molecule has 0 spiro atoms. The van der Waals surface area contributed by atoms with Gasteiger partial charge in [-0.15, -0.1) is 0 Å². The highest BCUT2D eigenvalue weighted by Gasteiger charge is 2.70. The van der Waals surface area contributed by atoms with Gasteiger partial charge in [0.2, 0.25) is 17.7 Å². The Hall–Kier alpha value is -2.57. The fourth-order valence-electron chi connectivity index (χ4n) is 5.92. The van der Waals surface area contributed by atoms with E-state index in [1.54, 1.807) is 20.8 Å². The van der Waals surface area contributed by atoms with E-state index >= 15 is 0 Å². The average molecular weight is 578 g/mol. The van der Waals surface area contributed by atoms with E-state index in [-0.39, 0.29) is 36.2 Å². The molecule has 4 aliphatic rings. The smallest absolute Gasteiger partial charge is 0.291 e. The van der Waals surface area contributed by atoms with Gasteiger partial charge in [0.15, 0.2) is 0 Å². The van der Waals surface area contributed by atoms with E-state index in [0.717, 1.165) is 0 Å². The van der Waals surface area contributed by atoms with Gasteiger partial charge in [-0.05, 0) is 29.1 Å². The average Bonchev–Trinajstić information content (AvgIpc) is 3.37. The maximum Gasteiger partial charge on any atom is 0.291 e. The second-order valence-electron chi connectivity index (χ2n) is 12.7. The summed E-state index contributed by atoms with van der Waals surface area (Å²) in [6, 6.07) is -2.28. The first kappa shape index (κ1) is 29.4. The lowest BCUT2D eigenvalue weighted by atomic mass is 9.85. The van der Waals surface area contributed by atoms with Crippen LogP contribution in [0.5, 0.6) is 0 Å². The summed E-state index contributed by atoms with van der Waals surface area (Å²) in [6.07, 6.45) is -0.216. The number of carbonyl (C=O) groups excluding carboxylic acids is 5. The molecule has 3 N–H and O–H groups in total. The van der Waals surface area contributed by atoms with Gasteiger partial charge in [-0.1, -0.05) is 46.2 Å². The molecule has 2 saturated heterocycles. The van der Waals surface area contributed by atoms with Crippen LogP contribution in [0.3, 0.4) is 0 Å². The highest BCUT2D eigenvalue weighted by Crippen LogP contribution is 2.65. The van der Waals surface area contributed by atoms with Crippen LogP contribution in [0.1, 0.15) is 47.5 Å². The Morgan fingerprint density at radius 3 is 2.31 bits per heavy atom. The van der Waals surface area contributed by atoms with Gasteiger partial charge in [-0.2, -0.15) is 0 Å². The highest BCUT2D eigenvalue weighted by atomic mass is 35.5. The Morgan fingerprint density at radius 1 is 1.21 bits per heavy atom. The first-order chi connectivity index (χ1) is 17.9. The SMILES string of the molecule is CC(C)(C)[C@H](NC(=O)[C@H]1CC1(F)F)C(=O)N1C[C@H]2[C@@H]([C@H]1C(=O)NN(C[C@@H]1CCNC1=O)C(=O)[C@@H](F)Cl)C2(C)C. The quantitative estimate of drug-likeness (QED) is 0.309. The standard InChI is InChI=1S/C25H35ClF3N5O5/c1-23(2,3)16(31-19(36)12-8-25(12,28)29)21(38)33-10-13-14(24(13,4)5)15(33)20(37)32-34(22(39)17(26)27)9-11-6-7-30-18(11)35/h11-17H,6-10H2,1-5H3,(H,30,35)(H,31,36)(H,32,37)/t11-,12+,13-,14-,15-,16+,17+/m0/s1. The lowest BCUT2D eigenvalue weighted by Gasteiger charge is -2.38. The van der Waals surface area contributed by atoms with Crippen molar-refractivity contribution < 1.29 is 37.1 Å². The molecule has 0 aromatic carbocycles. The van der Waals surface area contributed by atoms with Crippen molar-refractivity contribution in [3.8, 4) is 0 Å². The van der Waals surface area contributed by atoms with Crippen LogP contribution in [-0.2, 0) is 24.0 Å². The van der Waals surface area contributed by atoms with Crippen molar-refractivity contribution >= 4 is 41.1 Å². The summed E-state index contributed by atoms with van der Waals surface area (Å²) in [7, 11) is 0. The number of hydrazine groups is 1. The minimum Gasteiger partial charge on any atom is -0.356 e. The van der Waals surface area contributed by atoms with Crippen LogP contribution in [0.25, 0.3) is 0 Å². The Morgan fingerprint density at radius 2 is 1.82 bits per heavy atom. The monoisotopic (exact) mass is 577 g/mol. The van der Waals surface area contributed by atoms with Crippen LogP contribution >= 0.6 is 11.6 Å². The molecule has 218 valence electrons. The molecule has 0 radical (unpaired) electrons. The van der Waals surface area contributed by atoms with E-state index < -0.39 is 70.9 Å². The molecule has 0 aromatic rings. The molecule has 10 nitrogen and oxygen atoms in total. The largest absolute Gasteiger partial charge is 0.356 e. The third-order valence-electron chi connectivity index (χ3n) is 8.57. The third kappa shape index (κ3) is 5.55. The summed E-state index contributed by atoms with van der Waals surface area (Å²) in [5.74, 6) is -9.57. The van der Waals surface area contributed by atoms with Gasteiger partial charge in [0.05, 0.1) is 12.5 Å². The zero-order valence-electron chi connectivity index (χ0n) is 22.5. The Balaban J connectivity index is 1.55. The Kier molecular flexibility index (Phi) is 7.40. The summed E-state index contributed by atoms with van der Waals surface area (Å²) in [5.41, 5.74) is -1.28. The van der Waals surface area contributed by atoms with E-state index in [1.165, 1.54) is 4.90 Å². The van der Waals surface area contributed by atoms with Crippen LogP contribution in [0.15, 0.2) is 0 Å². The molecule has 4 fully saturated rings. The zero-order chi connectivity index (χ0) is 29.2. The number of nitrogens with one attached hydrogen (secondary N) is 3. The summed E-state index contributed by atoms with van der Waals surface area (Å²) in [5, 5.41) is 5.76. The summed E-state index contributed by atoms with van der Waals surface area (Å²) < 4.78 is 40.8.